The Labute approximate surface area is 146 Å². The van der Waals surface area contributed by atoms with Crippen LogP contribution in [0.2, 0.25) is 0 Å². The van der Waals surface area contributed by atoms with E-state index < -0.39 is 5.97 Å². The van der Waals surface area contributed by atoms with Gasteiger partial charge in [-0.15, -0.1) is 0 Å². The number of benzene rings is 1. The molecular weight excluding hydrogens is 322 g/mol. The first-order valence-electron chi connectivity index (χ1n) is 8.22. The van der Waals surface area contributed by atoms with E-state index in [4.69, 9.17) is 9.47 Å². The molecular formula is C18H23N3O4. The van der Waals surface area contributed by atoms with E-state index in [0.717, 1.165) is 0 Å². The lowest BCUT2D eigenvalue weighted by Gasteiger charge is -2.09. The molecule has 0 radical (unpaired) electrons. The Morgan fingerprint density at radius 1 is 1.24 bits per heavy atom. The molecule has 0 aliphatic heterocycles. The first kappa shape index (κ1) is 18.7. The maximum Gasteiger partial charge on any atom is 0.338 e. The molecule has 1 aromatic carbocycles. The number of carbonyl (C=O) groups is 1. The standard InChI is InChI=1S/C18H23N3O4/c1-4-24-9-10-25-17(23)13-5-7-14(8-6-13)19-18-20-15(12(2)3)11-16(22)21-18/h5-8,11-12H,4,9-10H2,1-3H3,(H2,19,20,21,22). The highest BCUT2D eigenvalue weighted by Gasteiger charge is 2.08. The lowest BCUT2D eigenvalue weighted by Crippen LogP contribution is -2.13. The number of rotatable bonds is 8. The Hall–Kier alpha value is -2.67. The number of nitrogens with zero attached hydrogens (tertiary/aromatic N) is 1. The molecule has 2 N–H and O–H groups in total. The van der Waals surface area contributed by atoms with Gasteiger partial charge < -0.3 is 14.8 Å². The fraction of sp³-hybridized carbons (Fsp3) is 0.389. The van der Waals surface area contributed by atoms with Crippen LogP contribution < -0.4 is 10.9 Å². The van der Waals surface area contributed by atoms with Crippen LogP contribution in [0.25, 0.3) is 0 Å². The van der Waals surface area contributed by atoms with Gasteiger partial charge in [0, 0.05) is 18.4 Å². The third-order valence-corrected chi connectivity index (χ3v) is 3.40. The zero-order valence-corrected chi connectivity index (χ0v) is 14.7. The number of hydrogen-bond donors (Lipinski definition) is 2. The summed E-state index contributed by atoms with van der Waals surface area (Å²) in [5, 5.41) is 3.03. The number of carbonyl (C=O) groups excluding carboxylic acids is 1. The highest BCUT2D eigenvalue weighted by Crippen LogP contribution is 2.16. The minimum absolute atomic E-state index is 0.150. The predicted octanol–water partition coefficient (Wildman–Crippen LogP) is 2.83. The Kier molecular flexibility index (Phi) is 6.71. The maximum absolute atomic E-state index is 11.9. The van der Waals surface area contributed by atoms with Crippen LogP contribution in [-0.2, 0) is 9.47 Å². The van der Waals surface area contributed by atoms with E-state index in [-0.39, 0.29) is 18.1 Å². The van der Waals surface area contributed by atoms with Gasteiger partial charge in [-0.3, -0.25) is 9.78 Å². The van der Waals surface area contributed by atoms with Gasteiger partial charge in [0.2, 0.25) is 5.95 Å². The Morgan fingerprint density at radius 2 is 1.96 bits per heavy atom. The van der Waals surface area contributed by atoms with E-state index in [9.17, 15) is 9.59 Å². The second-order valence-corrected chi connectivity index (χ2v) is 5.71. The molecule has 1 heterocycles. The molecule has 7 nitrogen and oxygen atoms in total. The molecule has 0 saturated carbocycles. The van der Waals surface area contributed by atoms with E-state index in [2.05, 4.69) is 15.3 Å². The van der Waals surface area contributed by atoms with Crippen molar-refractivity contribution in [2.24, 2.45) is 0 Å². The summed E-state index contributed by atoms with van der Waals surface area (Å²) in [4.78, 5) is 30.6. The van der Waals surface area contributed by atoms with Crippen molar-refractivity contribution < 1.29 is 14.3 Å². The summed E-state index contributed by atoms with van der Waals surface area (Å²) >= 11 is 0. The second kappa shape index (κ2) is 8.98. The van der Waals surface area contributed by atoms with Crippen LogP contribution in [0, 0.1) is 0 Å². The maximum atomic E-state index is 11.9. The predicted molar refractivity (Wildman–Crippen MR) is 95.4 cm³/mol. The molecule has 0 bridgehead atoms. The van der Waals surface area contributed by atoms with Crippen LogP contribution in [0.4, 0.5) is 11.6 Å². The van der Waals surface area contributed by atoms with Crippen molar-refractivity contribution in [1.29, 1.82) is 0 Å². The number of esters is 1. The van der Waals surface area contributed by atoms with Crippen LogP contribution in [-0.4, -0.2) is 35.8 Å². The minimum Gasteiger partial charge on any atom is -0.460 e. The fourth-order valence-corrected chi connectivity index (χ4v) is 2.08. The molecule has 25 heavy (non-hydrogen) atoms. The number of aromatic amines is 1. The molecule has 0 unspecified atom stereocenters. The van der Waals surface area contributed by atoms with E-state index in [0.29, 0.717) is 36.1 Å². The van der Waals surface area contributed by atoms with Gasteiger partial charge in [-0.25, -0.2) is 9.78 Å². The summed E-state index contributed by atoms with van der Waals surface area (Å²) in [6, 6.07) is 8.23. The van der Waals surface area contributed by atoms with Crippen LogP contribution >= 0.6 is 0 Å². The highest BCUT2D eigenvalue weighted by molar-refractivity contribution is 5.89. The summed E-state index contributed by atoms with van der Waals surface area (Å²) in [6.07, 6.45) is 0. The molecule has 0 amide bonds. The molecule has 134 valence electrons. The SMILES string of the molecule is CCOCCOC(=O)c1ccc(Nc2nc(C(C)C)cc(=O)[nH]2)cc1. The van der Waals surface area contributed by atoms with Crippen molar-refractivity contribution in [3.05, 3.63) is 51.9 Å². The molecule has 0 saturated heterocycles. The van der Waals surface area contributed by atoms with Gasteiger partial charge in [-0.1, -0.05) is 13.8 Å². The summed E-state index contributed by atoms with van der Waals surface area (Å²) in [6.45, 7) is 7.01. The van der Waals surface area contributed by atoms with Gasteiger partial charge in [0.25, 0.3) is 5.56 Å². The lowest BCUT2D eigenvalue weighted by atomic mass is 10.1. The van der Waals surface area contributed by atoms with E-state index in [1.165, 1.54) is 6.07 Å². The van der Waals surface area contributed by atoms with E-state index >= 15 is 0 Å². The summed E-state index contributed by atoms with van der Waals surface area (Å²) in [5.41, 5.74) is 1.64. The van der Waals surface area contributed by atoms with Gasteiger partial charge in [0.15, 0.2) is 0 Å². The van der Waals surface area contributed by atoms with E-state index in [1.54, 1.807) is 24.3 Å². The Morgan fingerprint density at radius 3 is 2.60 bits per heavy atom. The fourth-order valence-electron chi connectivity index (χ4n) is 2.08. The van der Waals surface area contributed by atoms with Crippen molar-refractivity contribution in [3.63, 3.8) is 0 Å². The first-order chi connectivity index (χ1) is 12.0. The molecule has 2 aromatic rings. The van der Waals surface area contributed by atoms with Crippen LogP contribution in [0.5, 0.6) is 0 Å². The Balaban J connectivity index is 2.01. The molecule has 0 aliphatic carbocycles. The van der Waals surface area contributed by atoms with Crippen LogP contribution in [0.3, 0.4) is 0 Å². The topological polar surface area (TPSA) is 93.3 Å². The van der Waals surface area contributed by atoms with E-state index in [1.807, 2.05) is 20.8 Å². The number of ether oxygens (including phenoxy) is 2. The molecule has 0 atom stereocenters. The van der Waals surface area contributed by atoms with Crippen molar-refractivity contribution in [2.75, 3.05) is 25.1 Å². The van der Waals surface area contributed by atoms with Gasteiger partial charge in [-0.05, 0) is 37.1 Å². The van der Waals surface area contributed by atoms with Crippen LogP contribution in [0.1, 0.15) is 42.7 Å². The normalized spacial score (nSPS) is 10.7. The molecule has 0 spiro atoms. The summed E-state index contributed by atoms with van der Waals surface area (Å²) < 4.78 is 10.2. The lowest BCUT2D eigenvalue weighted by molar-refractivity contribution is 0.0335. The molecule has 1 aromatic heterocycles. The van der Waals surface area contributed by atoms with Crippen molar-refractivity contribution in [1.82, 2.24) is 9.97 Å². The minimum atomic E-state index is -0.403. The smallest absolute Gasteiger partial charge is 0.338 e. The van der Waals surface area contributed by atoms with Crippen molar-refractivity contribution in [2.45, 2.75) is 26.7 Å². The van der Waals surface area contributed by atoms with Crippen molar-refractivity contribution in [3.8, 4) is 0 Å². The average molecular weight is 345 g/mol. The zero-order valence-electron chi connectivity index (χ0n) is 14.7. The highest BCUT2D eigenvalue weighted by atomic mass is 16.6. The molecule has 7 heteroatoms. The average Bonchev–Trinajstić information content (AvgIpc) is 2.58. The molecule has 0 aliphatic rings. The second-order valence-electron chi connectivity index (χ2n) is 5.71. The number of anilines is 2. The largest absolute Gasteiger partial charge is 0.460 e. The van der Waals surface area contributed by atoms with Gasteiger partial charge in [-0.2, -0.15) is 0 Å². The van der Waals surface area contributed by atoms with Gasteiger partial charge in [0.1, 0.15) is 6.61 Å². The molecule has 2 rings (SSSR count). The van der Waals surface area contributed by atoms with Gasteiger partial charge in [0.05, 0.1) is 17.9 Å². The first-order valence-corrected chi connectivity index (χ1v) is 8.22. The van der Waals surface area contributed by atoms with Crippen LogP contribution in [0.15, 0.2) is 35.1 Å². The third-order valence-electron chi connectivity index (χ3n) is 3.40. The Bertz CT molecular complexity index is 754. The summed E-state index contributed by atoms with van der Waals surface area (Å²) in [7, 11) is 0. The number of aromatic nitrogens is 2. The monoisotopic (exact) mass is 345 g/mol. The summed E-state index contributed by atoms with van der Waals surface area (Å²) in [5.74, 6) is 0.111. The quantitative estimate of drug-likeness (QED) is 0.564. The third kappa shape index (κ3) is 5.72. The zero-order chi connectivity index (χ0) is 18.2. The molecule has 0 fully saturated rings. The number of nitrogens with one attached hydrogen (secondary N) is 2. The number of hydrogen-bond acceptors (Lipinski definition) is 6. The van der Waals surface area contributed by atoms with Crippen molar-refractivity contribution >= 4 is 17.6 Å². The number of H-pyrrole nitrogens is 1. The van der Waals surface area contributed by atoms with Gasteiger partial charge >= 0.3 is 5.97 Å².